The van der Waals surface area contributed by atoms with Gasteiger partial charge in [0.25, 0.3) is 0 Å². The highest BCUT2D eigenvalue weighted by Crippen LogP contribution is 2.59. The first-order valence-corrected chi connectivity index (χ1v) is 46.9. The molecule has 4 aliphatic carbocycles. The Labute approximate surface area is 785 Å². The van der Waals surface area contributed by atoms with Crippen LogP contribution < -0.4 is 72.0 Å². The van der Waals surface area contributed by atoms with Crippen LogP contribution in [0.25, 0.3) is 11.1 Å². The van der Waals surface area contributed by atoms with Crippen molar-refractivity contribution >= 4 is 81.8 Å². The standard InChI is InChI=1S/C97H121Cl2N9O26/c1-8-17-101-19-21-127-59-36-57(37-60(40-59)128-22-20-102-18-9-2)103-96(126)104-77(116)35-56-32-69(113)82(107-91(122)49(10-3)23-45(4)5)84(117)51-12-15-72(65(98)30-51)130-74-33-55-34-75(88(74)134-95-89(87(120)86(119)76(44-109)132-95)133-78-43-97(7,100)90(121)46(6)129-78)131-73-16-13-52(31-66(73)99)85(118)83-94(125)106-81(71(115)41-61-53-25-47-24-48(27-53)28-54(61)26-47)64-38-58(110)39-68(112)79(64)63-29-50(11-14-67(63)111)62(93(124)108-83)42-70(114)80(55)105-92(56)123/h11-16,29-31,33-34,36-40,45-49,53-54,56,61-62,76,78,80-87,89-90,95,101-102,109-112,117-121H,8-10,17-28,32,35,41-44,100H2,1-7H3,(H,105,123)(H,106,125)(H,107,122)(H,108,124)(H2,103,104,116,126)/t46-,47?,48?,49+,53?,54?,56-,61?,62+,76+,78-,80+,81-,82-,83-,84+,85+,86+,87-,89+,90+,95-,97-/m0/s1. The summed E-state index contributed by atoms with van der Waals surface area (Å²) >= 11 is 14.7. The lowest BCUT2D eigenvalue weighted by molar-refractivity contribution is -0.333. The summed E-state index contributed by atoms with van der Waals surface area (Å²) in [7, 11) is 0. The number of hydrogen-bond acceptors (Lipinski definition) is 29. The van der Waals surface area contributed by atoms with Gasteiger partial charge in [0, 0.05) is 97.7 Å². The molecule has 2 saturated heterocycles. The van der Waals surface area contributed by atoms with Crippen molar-refractivity contribution < 1.29 is 127 Å². The fourth-order valence-electron chi connectivity index (χ4n) is 20.2. The number of rotatable bonds is 28. The zero-order valence-corrected chi connectivity index (χ0v) is 77.2. The number of phenols is 3. The third-order valence-electron chi connectivity index (χ3n) is 26.9. The summed E-state index contributed by atoms with van der Waals surface area (Å²) in [4.78, 5) is 141. The van der Waals surface area contributed by atoms with Gasteiger partial charge in [0.15, 0.2) is 41.2 Å². The molecule has 134 heavy (non-hydrogen) atoms. The number of ketones is 3. The van der Waals surface area contributed by atoms with Gasteiger partial charge in [-0.15, -0.1) is 0 Å². The summed E-state index contributed by atoms with van der Waals surface area (Å²) < 4.78 is 51.6. The van der Waals surface area contributed by atoms with E-state index in [0.29, 0.717) is 31.3 Å². The average molecular weight is 1900 g/mol. The van der Waals surface area contributed by atoms with Crippen LogP contribution in [0, 0.1) is 47.3 Å². The van der Waals surface area contributed by atoms with Crippen molar-refractivity contribution in [2.75, 3.05) is 51.3 Å². The van der Waals surface area contributed by atoms with E-state index < -0.39 is 228 Å². The molecule has 0 aromatic heterocycles. The summed E-state index contributed by atoms with van der Waals surface area (Å²) in [6.45, 7) is 14.3. The van der Waals surface area contributed by atoms with Gasteiger partial charge in [0.05, 0.1) is 40.7 Å². The second-order valence-electron chi connectivity index (χ2n) is 37.4. The number of halogens is 2. The van der Waals surface area contributed by atoms with E-state index in [2.05, 4.69) is 42.5 Å². The Balaban J connectivity index is 0.942. The first-order chi connectivity index (χ1) is 64.0. The normalized spacial score (nSPS) is 29.2. The maximum Gasteiger partial charge on any atom is 0.325 e. The van der Waals surface area contributed by atoms with Crippen molar-refractivity contribution in [1.82, 2.24) is 37.2 Å². The number of urea groups is 1. The molecule has 0 unspecified atom stereocenters. The third-order valence-corrected chi connectivity index (χ3v) is 27.5. The predicted molar refractivity (Wildman–Crippen MR) is 487 cm³/mol. The largest absolute Gasteiger partial charge is 0.508 e. The summed E-state index contributed by atoms with van der Waals surface area (Å²) in [5, 5.41) is 129. The first kappa shape index (κ1) is 99.6. The van der Waals surface area contributed by atoms with Crippen molar-refractivity contribution in [3.05, 3.63) is 135 Å². The molecule has 6 fully saturated rings. The number of ether oxygens (including phenoxy) is 8. The van der Waals surface area contributed by atoms with Gasteiger partial charge in [-0.1, -0.05) is 76.0 Å². The van der Waals surface area contributed by atoms with Crippen molar-refractivity contribution in [2.45, 2.75) is 235 Å². The number of phenolic OH excluding ortho intramolecular Hbond substituents is 3. The zero-order chi connectivity index (χ0) is 96.0. The minimum atomic E-state index is -2.28. The molecule has 17 rings (SSSR count). The van der Waals surface area contributed by atoms with Crippen LogP contribution in [0.15, 0.2) is 97.1 Å². The van der Waals surface area contributed by atoms with Crippen LogP contribution in [0.2, 0.25) is 10.0 Å². The quantitative estimate of drug-likeness (QED) is 0.0203. The number of carbonyl (C=O) groups is 9. The van der Waals surface area contributed by atoms with Crippen molar-refractivity contribution in [2.24, 2.45) is 53.1 Å². The Bertz CT molecular complexity index is 5270. The van der Waals surface area contributed by atoms with Crippen LogP contribution >= 0.6 is 23.2 Å². The van der Waals surface area contributed by atoms with Crippen LogP contribution in [0.3, 0.4) is 0 Å². The molecule has 35 nitrogen and oxygen atoms in total. The van der Waals surface area contributed by atoms with Gasteiger partial charge in [-0.2, -0.15) is 0 Å². The Morgan fingerprint density at radius 3 is 1.86 bits per heavy atom. The second kappa shape index (κ2) is 43.3. The van der Waals surface area contributed by atoms with E-state index in [-0.39, 0.29) is 128 Å². The number of carbonyl (C=O) groups excluding carboxylic acids is 9. The lowest BCUT2D eigenvalue weighted by Gasteiger charge is -2.54. The van der Waals surface area contributed by atoms with Gasteiger partial charge in [-0.3, -0.25) is 43.7 Å². The summed E-state index contributed by atoms with van der Waals surface area (Å²) in [5.41, 5.74) is 3.56. The summed E-state index contributed by atoms with van der Waals surface area (Å²) in [6.07, 6.45) is -14.2. The van der Waals surface area contributed by atoms with Gasteiger partial charge in [-0.25, -0.2) is 4.79 Å². The van der Waals surface area contributed by atoms with E-state index in [1.54, 1.807) is 13.0 Å². The molecule has 11 aliphatic rings. The number of aliphatic hydroxyl groups excluding tert-OH is 6. The number of anilines is 1. The molecule has 0 spiro atoms. The zero-order valence-electron chi connectivity index (χ0n) is 75.7. The number of Topliss-reactive ketones (excluding diaryl/α,β-unsaturated/α-hetero) is 3. The SMILES string of the molecule is CCCNCCOc1cc(NC(=O)NC(=O)C[C@@H]2CC(=O)[C@H](NC(=O)[C@H](CC)CC(C)C)[C@H](O)c3ccc(c(Cl)c3)Oc3cc4cc(c3O[C@@H]3O[C@H](CO)[C@@H](O)[C@H](O)[C@H]3O[C@H]3C[C@](C)(N)[C@H](O)[C@H](C)O3)Oc3ccc(cc3Cl)[C@@H](O)[C@@H]3NC(=O)[C@H](CC(=O)[C@@H]4NC2=O)c2ccc(O)c(c2)-c2c(O)cc(O)cc2[C@@H](C(=O)CC2C4CC5CC(C4)CC2C5)NC3=O)cc(OCCNCCC)c1. The second-order valence-corrected chi connectivity index (χ2v) is 38.2. The molecule has 7 heterocycles. The number of amides is 7. The predicted octanol–water partition coefficient (Wildman–Crippen LogP) is 9.09. The number of fused-ring (bicyclic) bond motifs is 15. The van der Waals surface area contributed by atoms with Gasteiger partial charge < -0.3 is 127 Å². The molecular weight excluding hydrogens is 1780 g/mol. The molecule has 724 valence electrons. The smallest absolute Gasteiger partial charge is 0.325 e. The fraction of sp³-hybridized carbons (Fsp3) is 0.536. The van der Waals surface area contributed by atoms with Crippen LogP contribution in [-0.2, 0) is 52.6 Å². The topological polar surface area (TPSA) is 532 Å². The van der Waals surface area contributed by atoms with E-state index in [1.807, 2.05) is 27.7 Å². The Morgan fingerprint density at radius 1 is 0.649 bits per heavy atom. The van der Waals surface area contributed by atoms with Crippen LogP contribution in [0.5, 0.6) is 57.5 Å². The number of imide groups is 1. The number of nitrogens with two attached hydrogens (primary N) is 1. The molecule has 7 aliphatic heterocycles. The molecule has 18 atom stereocenters. The Hall–Kier alpha value is -10.4. The monoisotopic (exact) mass is 1900 g/mol. The molecule has 15 bridgehead atoms. The van der Waals surface area contributed by atoms with E-state index in [1.165, 1.54) is 74.5 Å². The lowest BCUT2D eigenvalue weighted by Crippen LogP contribution is -2.64. The summed E-state index contributed by atoms with van der Waals surface area (Å²) in [5.74, 6) is -16.0. The van der Waals surface area contributed by atoms with Crippen molar-refractivity contribution in [3.8, 4) is 68.6 Å². The highest BCUT2D eigenvalue weighted by Gasteiger charge is 2.54. The number of benzene rings is 6. The van der Waals surface area contributed by atoms with Crippen LogP contribution in [-0.4, -0.2) is 212 Å². The van der Waals surface area contributed by atoms with Gasteiger partial charge in [0.1, 0.15) is 108 Å². The third kappa shape index (κ3) is 23.0. The lowest BCUT2D eigenvalue weighted by atomic mass is 9.51. The van der Waals surface area contributed by atoms with Gasteiger partial charge >= 0.3 is 6.03 Å². The van der Waals surface area contributed by atoms with E-state index >= 15 is 33.6 Å². The fourth-order valence-corrected chi connectivity index (χ4v) is 20.7. The molecule has 37 heteroatoms. The van der Waals surface area contributed by atoms with Crippen LogP contribution in [0.1, 0.15) is 196 Å². The molecule has 7 amide bonds. The number of aromatic hydroxyl groups is 3. The van der Waals surface area contributed by atoms with E-state index in [4.69, 9.17) is 66.8 Å². The highest BCUT2D eigenvalue weighted by molar-refractivity contribution is 6.32. The van der Waals surface area contributed by atoms with Crippen molar-refractivity contribution in [3.63, 3.8) is 0 Å². The average Bonchev–Trinajstić information content (AvgIpc) is 0.753. The van der Waals surface area contributed by atoms with Gasteiger partial charge in [-0.05, 0) is 203 Å². The minimum Gasteiger partial charge on any atom is -0.508 e. The minimum absolute atomic E-state index is 0.0685. The van der Waals surface area contributed by atoms with Crippen LogP contribution in [0.4, 0.5) is 10.5 Å². The number of hydrogen-bond donors (Lipinski definition) is 18. The number of aliphatic hydroxyl groups is 6. The Morgan fingerprint density at radius 2 is 1.27 bits per heavy atom. The molecule has 6 aromatic carbocycles. The maximum atomic E-state index is 16.9. The van der Waals surface area contributed by atoms with E-state index in [9.17, 15) is 55.5 Å². The Kier molecular flexibility index (Phi) is 32.2. The highest BCUT2D eigenvalue weighted by atomic mass is 35.5. The van der Waals surface area contributed by atoms with Gasteiger partial charge in [0.2, 0.25) is 41.6 Å². The molecule has 0 radical (unpaired) electrons. The maximum absolute atomic E-state index is 16.9. The molecule has 6 aromatic rings. The molecule has 4 saturated carbocycles. The molecule has 19 N–H and O–H groups in total. The van der Waals surface area contributed by atoms with E-state index in [0.717, 1.165) is 88.4 Å². The van der Waals surface area contributed by atoms with Crippen molar-refractivity contribution in [1.29, 1.82) is 0 Å². The number of nitrogens with one attached hydrogen (secondary N) is 8. The summed E-state index contributed by atoms with van der Waals surface area (Å²) in [6, 6.07) is 10.4. The first-order valence-electron chi connectivity index (χ1n) is 46.1. The molecular formula is C97H121Cl2N9O26.